The summed E-state index contributed by atoms with van der Waals surface area (Å²) in [5.41, 5.74) is 1.02. The van der Waals surface area contributed by atoms with E-state index in [-0.39, 0.29) is 11.7 Å². The Kier molecular flexibility index (Phi) is 3.43. The van der Waals surface area contributed by atoms with Crippen molar-refractivity contribution in [1.29, 1.82) is 0 Å². The molecule has 1 aliphatic carbocycles. The Bertz CT molecular complexity index is 535. The molecule has 0 radical (unpaired) electrons. The highest BCUT2D eigenvalue weighted by molar-refractivity contribution is 7.92. The molecule has 1 fully saturated rings. The molecule has 2 rings (SSSR count). The maximum absolute atomic E-state index is 12.0. The van der Waals surface area contributed by atoms with Crippen LogP contribution >= 0.6 is 0 Å². The molecule has 98 valence electrons. The van der Waals surface area contributed by atoms with Crippen LogP contribution in [0.3, 0.4) is 0 Å². The zero-order chi connectivity index (χ0) is 13.3. The molecule has 0 aromatic heterocycles. The van der Waals surface area contributed by atoms with E-state index in [2.05, 4.69) is 0 Å². The molecule has 0 heterocycles. The third-order valence-electron chi connectivity index (χ3n) is 3.32. The van der Waals surface area contributed by atoms with Gasteiger partial charge in [-0.3, -0.25) is 4.79 Å². The van der Waals surface area contributed by atoms with Crippen LogP contribution in [0.2, 0.25) is 0 Å². The number of rotatable bonds is 5. The van der Waals surface area contributed by atoms with Gasteiger partial charge in [0.1, 0.15) is 0 Å². The lowest BCUT2D eigenvalue weighted by molar-refractivity contribution is -0.140. The van der Waals surface area contributed by atoms with Gasteiger partial charge in [-0.15, -0.1) is 0 Å². The summed E-state index contributed by atoms with van der Waals surface area (Å²) in [4.78, 5) is 10.7. The molecular weight excluding hydrogens is 252 g/mol. The molecule has 5 heteroatoms. The van der Waals surface area contributed by atoms with Crippen LogP contribution in [0.4, 0.5) is 0 Å². The summed E-state index contributed by atoms with van der Waals surface area (Å²) in [5.74, 6) is -2.13. The third-order valence-corrected chi connectivity index (χ3v) is 5.73. The molecule has 3 atom stereocenters. The molecule has 0 saturated heterocycles. The Morgan fingerprint density at radius 3 is 2.56 bits per heavy atom. The first-order valence-electron chi connectivity index (χ1n) is 5.91. The van der Waals surface area contributed by atoms with E-state index < -0.39 is 27.0 Å². The fraction of sp³-hybridized carbons (Fsp3) is 0.462. The zero-order valence-corrected chi connectivity index (χ0v) is 10.9. The average molecular weight is 268 g/mol. The normalized spacial score (nSPS) is 24.5. The number of hydrogen-bond donors (Lipinski definition) is 1. The Labute approximate surface area is 107 Å². The predicted molar refractivity (Wildman–Crippen MR) is 68.2 cm³/mol. The van der Waals surface area contributed by atoms with Gasteiger partial charge >= 0.3 is 5.97 Å². The van der Waals surface area contributed by atoms with Crippen molar-refractivity contribution in [2.45, 2.75) is 24.5 Å². The largest absolute Gasteiger partial charge is 0.481 e. The van der Waals surface area contributed by atoms with E-state index in [1.165, 1.54) is 6.92 Å². The van der Waals surface area contributed by atoms with Crippen LogP contribution in [0.1, 0.15) is 24.8 Å². The molecule has 0 amide bonds. The molecule has 1 aromatic rings. The maximum atomic E-state index is 12.0. The van der Waals surface area contributed by atoms with Gasteiger partial charge in [0.2, 0.25) is 0 Å². The topological polar surface area (TPSA) is 71.4 Å². The lowest BCUT2D eigenvalue weighted by Crippen LogP contribution is -2.24. The number of carboxylic acid groups (broad SMARTS) is 1. The highest BCUT2D eigenvalue weighted by Gasteiger charge is 2.48. The Hall–Kier alpha value is -1.36. The first-order chi connectivity index (χ1) is 8.42. The molecule has 0 bridgehead atoms. The molecule has 1 aromatic carbocycles. The van der Waals surface area contributed by atoms with Crippen LogP contribution in [0.15, 0.2) is 30.3 Å². The number of carboxylic acids is 1. The van der Waals surface area contributed by atoms with E-state index in [0.29, 0.717) is 6.42 Å². The maximum Gasteiger partial charge on any atom is 0.307 e. The summed E-state index contributed by atoms with van der Waals surface area (Å²) < 4.78 is 24.1. The minimum absolute atomic E-state index is 0.0391. The van der Waals surface area contributed by atoms with Crippen LogP contribution in [0.25, 0.3) is 0 Å². The summed E-state index contributed by atoms with van der Waals surface area (Å²) in [6.45, 7) is 1.43. The van der Waals surface area contributed by atoms with E-state index in [4.69, 9.17) is 5.11 Å². The fourth-order valence-corrected chi connectivity index (χ4v) is 4.41. The van der Waals surface area contributed by atoms with Crippen molar-refractivity contribution in [1.82, 2.24) is 0 Å². The standard InChI is InChI=1S/C13H16O4S/c1-9(13(14)15)8-18(16,17)12-7-11(12)10-5-3-2-4-6-10/h2-6,9,11-12H,7-8H2,1H3,(H,14,15). The van der Waals surface area contributed by atoms with Gasteiger partial charge in [-0.25, -0.2) is 8.42 Å². The molecule has 3 unspecified atom stereocenters. The van der Waals surface area contributed by atoms with Crippen molar-refractivity contribution in [3.8, 4) is 0 Å². The summed E-state index contributed by atoms with van der Waals surface area (Å²) in [6, 6.07) is 9.50. The van der Waals surface area contributed by atoms with Gasteiger partial charge in [-0.05, 0) is 12.0 Å². The Morgan fingerprint density at radius 1 is 1.39 bits per heavy atom. The predicted octanol–water partition coefficient (Wildman–Crippen LogP) is 1.68. The minimum Gasteiger partial charge on any atom is -0.481 e. The quantitative estimate of drug-likeness (QED) is 0.882. The first kappa shape index (κ1) is 13.1. The molecule has 18 heavy (non-hydrogen) atoms. The second-order valence-corrected chi connectivity index (χ2v) is 7.12. The third kappa shape index (κ3) is 2.72. The van der Waals surface area contributed by atoms with Crippen LogP contribution in [-0.2, 0) is 14.6 Å². The lowest BCUT2D eigenvalue weighted by atomic mass is 10.1. The molecular formula is C13H16O4S. The molecule has 1 saturated carbocycles. The molecule has 4 nitrogen and oxygen atoms in total. The van der Waals surface area contributed by atoms with E-state index >= 15 is 0 Å². The molecule has 1 aliphatic rings. The molecule has 0 aliphatic heterocycles. The van der Waals surface area contributed by atoms with E-state index in [9.17, 15) is 13.2 Å². The second kappa shape index (κ2) is 4.72. The first-order valence-corrected chi connectivity index (χ1v) is 7.62. The van der Waals surface area contributed by atoms with Gasteiger partial charge in [-0.2, -0.15) is 0 Å². The number of hydrogen-bond acceptors (Lipinski definition) is 3. The molecule has 0 spiro atoms. The zero-order valence-electron chi connectivity index (χ0n) is 10.1. The van der Waals surface area contributed by atoms with Crippen LogP contribution in [0.5, 0.6) is 0 Å². The highest BCUT2D eigenvalue weighted by Crippen LogP contribution is 2.46. The van der Waals surface area contributed by atoms with Crippen molar-refractivity contribution < 1.29 is 18.3 Å². The van der Waals surface area contributed by atoms with Gasteiger partial charge < -0.3 is 5.11 Å². The summed E-state index contributed by atoms with van der Waals surface area (Å²) in [7, 11) is -3.31. The van der Waals surface area contributed by atoms with E-state index in [0.717, 1.165) is 5.56 Å². The van der Waals surface area contributed by atoms with Crippen molar-refractivity contribution in [3.05, 3.63) is 35.9 Å². The number of aliphatic carboxylic acids is 1. The van der Waals surface area contributed by atoms with Crippen LogP contribution in [-0.4, -0.2) is 30.5 Å². The van der Waals surface area contributed by atoms with Gasteiger partial charge in [0.25, 0.3) is 0 Å². The van der Waals surface area contributed by atoms with Crippen LogP contribution < -0.4 is 0 Å². The van der Waals surface area contributed by atoms with Gasteiger partial charge in [0.15, 0.2) is 9.84 Å². The number of sulfone groups is 1. The van der Waals surface area contributed by atoms with Gasteiger partial charge in [0.05, 0.1) is 16.9 Å². The van der Waals surface area contributed by atoms with Crippen molar-refractivity contribution >= 4 is 15.8 Å². The number of benzene rings is 1. The van der Waals surface area contributed by atoms with E-state index in [1.807, 2.05) is 30.3 Å². The monoisotopic (exact) mass is 268 g/mol. The van der Waals surface area contributed by atoms with Gasteiger partial charge in [0, 0.05) is 5.92 Å². The lowest BCUT2D eigenvalue weighted by Gasteiger charge is -2.07. The highest BCUT2D eigenvalue weighted by atomic mass is 32.2. The molecule has 1 N–H and O–H groups in total. The Morgan fingerprint density at radius 2 is 2.00 bits per heavy atom. The van der Waals surface area contributed by atoms with Crippen molar-refractivity contribution in [2.75, 3.05) is 5.75 Å². The van der Waals surface area contributed by atoms with E-state index in [1.54, 1.807) is 0 Å². The van der Waals surface area contributed by atoms with Crippen molar-refractivity contribution in [2.24, 2.45) is 5.92 Å². The second-order valence-electron chi connectivity index (χ2n) is 4.86. The van der Waals surface area contributed by atoms with Crippen LogP contribution in [0, 0.1) is 5.92 Å². The summed E-state index contributed by atoms with van der Waals surface area (Å²) >= 11 is 0. The SMILES string of the molecule is CC(CS(=O)(=O)C1CC1c1ccccc1)C(=O)O. The Balaban J connectivity index is 2.05. The summed E-state index contributed by atoms with van der Waals surface area (Å²) in [5, 5.41) is 8.36. The van der Waals surface area contributed by atoms with Gasteiger partial charge in [-0.1, -0.05) is 37.3 Å². The smallest absolute Gasteiger partial charge is 0.307 e. The fourth-order valence-electron chi connectivity index (χ4n) is 2.16. The minimum atomic E-state index is -3.31. The average Bonchev–Trinajstić information content (AvgIpc) is 3.10. The summed E-state index contributed by atoms with van der Waals surface area (Å²) in [6.07, 6.45) is 0.610. The number of carbonyl (C=O) groups is 1. The van der Waals surface area contributed by atoms with Crippen molar-refractivity contribution in [3.63, 3.8) is 0 Å².